The molecule has 0 unspecified atom stereocenters. The second-order valence-electron chi connectivity index (χ2n) is 5.99. The Bertz CT molecular complexity index is 361. The fourth-order valence-electron chi connectivity index (χ4n) is 3.15. The van der Waals surface area contributed by atoms with E-state index in [2.05, 4.69) is 4.74 Å². The number of carbonyl (C=O) groups is 2. The molecule has 0 spiro atoms. The number of hydrogen-bond donors (Lipinski definition) is 0. The zero-order chi connectivity index (χ0) is 15.5. The van der Waals surface area contributed by atoms with Crippen molar-refractivity contribution in [1.82, 2.24) is 0 Å². The van der Waals surface area contributed by atoms with E-state index in [1.54, 1.807) is 0 Å². The first-order valence-electron chi connectivity index (χ1n) is 8.16. The summed E-state index contributed by atoms with van der Waals surface area (Å²) in [5, 5.41) is 8.30. The Balaban J connectivity index is 0.000000211. The molecule has 0 aromatic heterocycles. The summed E-state index contributed by atoms with van der Waals surface area (Å²) in [5.41, 5.74) is 0. The Morgan fingerprint density at radius 2 is 1.43 bits per heavy atom. The molecular formula is C17H27NO3. The van der Waals surface area contributed by atoms with Gasteiger partial charge in [-0.25, -0.2) is 0 Å². The van der Waals surface area contributed by atoms with Crippen molar-refractivity contribution in [3.8, 4) is 6.07 Å². The van der Waals surface area contributed by atoms with E-state index in [0.29, 0.717) is 0 Å². The maximum Gasteiger partial charge on any atom is 0.308 e. The number of nitriles is 1. The van der Waals surface area contributed by atoms with Gasteiger partial charge in [0.25, 0.3) is 0 Å². The number of carbonyl (C=O) groups excluding carboxylic acids is 2. The van der Waals surface area contributed by atoms with Gasteiger partial charge >= 0.3 is 5.97 Å². The Labute approximate surface area is 127 Å². The molecule has 2 aliphatic carbocycles. The number of Topliss-reactive ketones (excluding diaryl/α,β-unsaturated/α-hetero) is 1. The second kappa shape index (κ2) is 10.4. The van der Waals surface area contributed by atoms with Gasteiger partial charge in [0.05, 0.1) is 25.5 Å². The van der Waals surface area contributed by atoms with E-state index in [4.69, 9.17) is 5.26 Å². The van der Waals surface area contributed by atoms with E-state index in [0.717, 1.165) is 25.7 Å². The molecule has 0 heterocycles. The van der Waals surface area contributed by atoms with Crippen molar-refractivity contribution in [3.63, 3.8) is 0 Å². The predicted molar refractivity (Wildman–Crippen MR) is 80.4 cm³/mol. The number of ketones is 1. The molecular weight excluding hydrogens is 266 g/mol. The molecule has 0 aromatic carbocycles. The van der Waals surface area contributed by atoms with Gasteiger partial charge in [-0.1, -0.05) is 38.5 Å². The fourth-order valence-corrected chi connectivity index (χ4v) is 3.15. The van der Waals surface area contributed by atoms with Crippen molar-refractivity contribution < 1.29 is 14.3 Å². The molecule has 0 amide bonds. The largest absolute Gasteiger partial charge is 0.469 e. The SMILES string of the molecule is COC(=O)C1CCCCC1.N#CCC(=O)C1CCCCC1. The molecule has 2 rings (SSSR count). The molecule has 4 nitrogen and oxygen atoms in total. The van der Waals surface area contributed by atoms with Crippen molar-refractivity contribution in [2.45, 2.75) is 70.6 Å². The second-order valence-corrected chi connectivity index (χ2v) is 5.99. The number of methoxy groups -OCH3 is 1. The minimum absolute atomic E-state index is 0.0142. The molecule has 0 aromatic rings. The minimum atomic E-state index is -0.0142. The van der Waals surface area contributed by atoms with Gasteiger partial charge in [0.1, 0.15) is 5.78 Å². The summed E-state index contributed by atoms with van der Waals surface area (Å²) in [6, 6.07) is 1.92. The first kappa shape index (κ1) is 17.7. The van der Waals surface area contributed by atoms with Crippen LogP contribution < -0.4 is 0 Å². The lowest BCUT2D eigenvalue weighted by atomic mass is 9.85. The highest BCUT2D eigenvalue weighted by Gasteiger charge is 2.21. The number of rotatable bonds is 3. The highest BCUT2D eigenvalue weighted by molar-refractivity contribution is 5.82. The Morgan fingerprint density at radius 3 is 1.86 bits per heavy atom. The Morgan fingerprint density at radius 1 is 0.952 bits per heavy atom. The summed E-state index contributed by atoms with van der Waals surface area (Å²) in [6.45, 7) is 0. The van der Waals surface area contributed by atoms with E-state index >= 15 is 0 Å². The van der Waals surface area contributed by atoms with Crippen LogP contribution >= 0.6 is 0 Å². The van der Waals surface area contributed by atoms with Crippen LogP contribution in [0.2, 0.25) is 0 Å². The lowest BCUT2D eigenvalue weighted by Crippen LogP contribution is -2.18. The summed E-state index contributed by atoms with van der Waals surface area (Å²) >= 11 is 0. The first-order chi connectivity index (χ1) is 10.2. The average molecular weight is 293 g/mol. The van der Waals surface area contributed by atoms with Crippen LogP contribution in [0.1, 0.15) is 70.6 Å². The van der Waals surface area contributed by atoms with Crippen LogP contribution in [0.15, 0.2) is 0 Å². The van der Waals surface area contributed by atoms with E-state index in [1.807, 2.05) is 6.07 Å². The van der Waals surface area contributed by atoms with Gasteiger partial charge in [-0.05, 0) is 25.7 Å². The van der Waals surface area contributed by atoms with Gasteiger partial charge in [0, 0.05) is 5.92 Å². The predicted octanol–water partition coefficient (Wildman–Crippen LogP) is 3.79. The number of ether oxygens (including phenoxy) is 1. The van der Waals surface area contributed by atoms with Crippen molar-refractivity contribution in [2.75, 3.05) is 7.11 Å². The van der Waals surface area contributed by atoms with E-state index < -0.39 is 0 Å². The molecule has 2 aliphatic rings. The van der Waals surface area contributed by atoms with E-state index in [9.17, 15) is 9.59 Å². The lowest BCUT2D eigenvalue weighted by Gasteiger charge is -2.18. The zero-order valence-corrected chi connectivity index (χ0v) is 13.1. The van der Waals surface area contributed by atoms with Crippen LogP contribution in [0.4, 0.5) is 0 Å². The van der Waals surface area contributed by atoms with Gasteiger partial charge in [-0.3, -0.25) is 9.59 Å². The fraction of sp³-hybridized carbons (Fsp3) is 0.824. The Kier molecular flexibility index (Phi) is 8.73. The minimum Gasteiger partial charge on any atom is -0.469 e. The standard InChI is InChI=1S/C9H13NO.C8H14O2/c10-7-6-9(11)8-4-2-1-3-5-8;1-10-8(9)7-5-3-2-4-6-7/h8H,1-6H2;7H,2-6H2,1H3. The highest BCUT2D eigenvalue weighted by Crippen LogP contribution is 2.25. The topological polar surface area (TPSA) is 67.2 Å². The average Bonchev–Trinajstić information content (AvgIpc) is 2.56. The molecule has 2 saturated carbocycles. The Hall–Kier alpha value is -1.37. The lowest BCUT2D eigenvalue weighted by molar-refractivity contribution is -0.146. The van der Waals surface area contributed by atoms with Gasteiger partial charge < -0.3 is 4.74 Å². The maximum atomic E-state index is 11.2. The summed E-state index contributed by atoms with van der Waals surface area (Å²) in [4.78, 5) is 22.1. The van der Waals surface area contributed by atoms with Crippen molar-refractivity contribution >= 4 is 11.8 Å². The molecule has 0 aliphatic heterocycles. The van der Waals surface area contributed by atoms with Crippen LogP contribution in [0.3, 0.4) is 0 Å². The molecule has 21 heavy (non-hydrogen) atoms. The summed E-state index contributed by atoms with van der Waals surface area (Å²) in [5.74, 6) is 0.564. The number of nitrogens with zero attached hydrogens (tertiary/aromatic N) is 1. The third kappa shape index (κ3) is 6.75. The smallest absolute Gasteiger partial charge is 0.308 e. The molecule has 0 saturated heterocycles. The van der Waals surface area contributed by atoms with Crippen LogP contribution in [0.5, 0.6) is 0 Å². The number of hydrogen-bond acceptors (Lipinski definition) is 4. The van der Waals surface area contributed by atoms with Gasteiger partial charge in [0.2, 0.25) is 0 Å². The number of esters is 1. The summed E-state index contributed by atoms with van der Waals surface area (Å²) in [6.07, 6.45) is 11.5. The highest BCUT2D eigenvalue weighted by atomic mass is 16.5. The monoisotopic (exact) mass is 293 g/mol. The maximum absolute atomic E-state index is 11.2. The van der Waals surface area contributed by atoms with Gasteiger partial charge in [0.15, 0.2) is 0 Å². The van der Waals surface area contributed by atoms with E-state index in [-0.39, 0.29) is 30.0 Å². The molecule has 0 radical (unpaired) electrons. The zero-order valence-electron chi connectivity index (χ0n) is 13.1. The van der Waals surface area contributed by atoms with E-state index in [1.165, 1.54) is 45.6 Å². The van der Waals surface area contributed by atoms with Crippen molar-refractivity contribution in [3.05, 3.63) is 0 Å². The molecule has 0 N–H and O–H groups in total. The molecule has 2 fully saturated rings. The summed E-state index contributed by atoms with van der Waals surface area (Å²) < 4.78 is 4.65. The van der Waals surface area contributed by atoms with Crippen molar-refractivity contribution in [2.24, 2.45) is 11.8 Å². The van der Waals surface area contributed by atoms with Gasteiger partial charge in [-0.2, -0.15) is 5.26 Å². The summed E-state index contributed by atoms with van der Waals surface area (Å²) in [7, 11) is 1.47. The first-order valence-corrected chi connectivity index (χ1v) is 8.16. The third-order valence-corrected chi connectivity index (χ3v) is 4.45. The third-order valence-electron chi connectivity index (χ3n) is 4.45. The normalized spacial score (nSPS) is 19.8. The molecule has 0 bridgehead atoms. The van der Waals surface area contributed by atoms with Crippen LogP contribution in [0, 0.1) is 23.2 Å². The molecule has 4 heteroatoms. The molecule has 0 atom stereocenters. The van der Waals surface area contributed by atoms with Crippen LogP contribution in [-0.4, -0.2) is 18.9 Å². The van der Waals surface area contributed by atoms with Crippen LogP contribution in [-0.2, 0) is 14.3 Å². The molecule has 118 valence electrons. The quantitative estimate of drug-likeness (QED) is 0.742. The van der Waals surface area contributed by atoms with Crippen molar-refractivity contribution in [1.29, 1.82) is 5.26 Å². The van der Waals surface area contributed by atoms with Gasteiger partial charge in [-0.15, -0.1) is 0 Å². The van der Waals surface area contributed by atoms with Crippen LogP contribution in [0.25, 0.3) is 0 Å².